The SMILES string of the molecule is C=C(C)C(=O)OCCCCCCCCCCCn1cc[n+](C)c1.F[B-](F)(F)F. The fourth-order valence-electron chi connectivity index (χ4n) is 2.56. The Balaban J connectivity index is 0.00000129. The average molecular weight is 408 g/mol. The fourth-order valence-corrected chi connectivity index (χ4v) is 2.56. The van der Waals surface area contributed by atoms with Crippen LogP contribution in [0.4, 0.5) is 17.3 Å². The van der Waals surface area contributed by atoms with Gasteiger partial charge in [-0.05, 0) is 26.2 Å². The molecule has 0 aromatic carbocycles. The number of aryl methyl sites for hydroxylation is 2. The molecule has 0 atom stereocenters. The molecule has 1 rings (SSSR count). The van der Waals surface area contributed by atoms with E-state index in [9.17, 15) is 22.1 Å². The monoisotopic (exact) mass is 408 g/mol. The van der Waals surface area contributed by atoms with Gasteiger partial charge in [-0.2, -0.15) is 0 Å². The minimum Gasteiger partial charge on any atom is -0.462 e. The molecule has 4 nitrogen and oxygen atoms in total. The summed E-state index contributed by atoms with van der Waals surface area (Å²) in [5.41, 5.74) is 0.482. The van der Waals surface area contributed by atoms with Gasteiger partial charge in [-0.1, -0.05) is 45.1 Å². The van der Waals surface area contributed by atoms with Gasteiger partial charge >= 0.3 is 13.2 Å². The average Bonchev–Trinajstić information content (AvgIpc) is 2.99. The van der Waals surface area contributed by atoms with Gasteiger partial charge in [0.2, 0.25) is 6.33 Å². The highest BCUT2D eigenvalue weighted by Crippen LogP contribution is 2.10. The number of carbonyl (C=O) groups is 1. The van der Waals surface area contributed by atoms with Gasteiger partial charge < -0.3 is 22.0 Å². The Morgan fingerprint density at radius 3 is 1.89 bits per heavy atom. The van der Waals surface area contributed by atoms with E-state index in [1.807, 2.05) is 0 Å². The maximum atomic E-state index is 11.2. The van der Waals surface area contributed by atoms with E-state index in [1.54, 1.807) is 6.92 Å². The highest BCUT2D eigenvalue weighted by molar-refractivity contribution is 6.50. The first-order valence-electron chi connectivity index (χ1n) is 9.80. The number of hydrogen-bond donors (Lipinski definition) is 0. The van der Waals surface area contributed by atoms with Crippen molar-refractivity contribution in [1.29, 1.82) is 0 Å². The summed E-state index contributed by atoms with van der Waals surface area (Å²) in [7, 11) is -3.94. The number of esters is 1. The van der Waals surface area contributed by atoms with E-state index in [0.717, 1.165) is 19.4 Å². The van der Waals surface area contributed by atoms with Crippen LogP contribution in [0.15, 0.2) is 30.9 Å². The van der Waals surface area contributed by atoms with Crippen molar-refractivity contribution in [2.75, 3.05) is 6.61 Å². The lowest BCUT2D eigenvalue weighted by atomic mass is 10.1. The number of imidazole rings is 1. The van der Waals surface area contributed by atoms with Crippen molar-refractivity contribution in [2.24, 2.45) is 7.05 Å². The van der Waals surface area contributed by atoms with Crippen molar-refractivity contribution in [3.63, 3.8) is 0 Å². The van der Waals surface area contributed by atoms with Gasteiger partial charge in [-0.15, -0.1) is 0 Å². The minimum absolute atomic E-state index is 0.265. The summed E-state index contributed by atoms with van der Waals surface area (Å²) in [6.07, 6.45) is 17.6. The summed E-state index contributed by atoms with van der Waals surface area (Å²) in [6, 6.07) is 0. The number of carbonyl (C=O) groups excluding carboxylic acids is 1. The molecule has 0 aliphatic carbocycles. The van der Waals surface area contributed by atoms with Gasteiger partial charge in [-0.25, -0.2) is 13.9 Å². The normalized spacial score (nSPS) is 10.9. The van der Waals surface area contributed by atoms with Crippen molar-refractivity contribution >= 4 is 13.2 Å². The Kier molecular flexibility index (Phi) is 14.2. The maximum absolute atomic E-state index is 11.2. The number of nitrogens with zero attached hydrogens (tertiary/aromatic N) is 2. The van der Waals surface area contributed by atoms with Crippen molar-refractivity contribution < 1.29 is 31.4 Å². The summed E-state index contributed by atoms with van der Waals surface area (Å²) in [5, 5.41) is 0. The Bertz CT molecular complexity index is 556. The summed E-state index contributed by atoms with van der Waals surface area (Å²) >= 11 is 0. The van der Waals surface area contributed by atoms with Crippen LogP contribution >= 0.6 is 0 Å². The third-order valence-electron chi connectivity index (χ3n) is 3.97. The lowest BCUT2D eigenvalue weighted by Gasteiger charge is -2.04. The quantitative estimate of drug-likeness (QED) is 0.112. The molecule has 0 bridgehead atoms. The van der Waals surface area contributed by atoms with Crippen LogP contribution in [0.5, 0.6) is 0 Å². The van der Waals surface area contributed by atoms with Crippen LogP contribution in [0.3, 0.4) is 0 Å². The zero-order valence-electron chi connectivity index (χ0n) is 17.0. The van der Waals surface area contributed by atoms with E-state index in [2.05, 4.69) is 41.5 Å². The molecule has 0 saturated heterocycles. The number of aromatic nitrogens is 2. The molecule has 0 amide bonds. The van der Waals surface area contributed by atoms with Gasteiger partial charge in [0, 0.05) is 5.57 Å². The number of hydrogen-bond acceptors (Lipinski definition) is 2. The standard InChI is InChI=1S/C19H33N2O2.BF4/c1-18(2)19(22)23-16-12-10-8-6-4-5-7-9-11-13-21-15-14-20(3)17-21;2-1(3,4)5/h14-15,17H,1,4-13,16H2,2-3H3;/q+1;-1. The maximum Gasteiger partial charge on any atom is 0.673 e. The van der Waals surface area contributed by atoms with Crippen LogP contribution in [0, 0.1) is 0 Å². The lowest BCUT2D eigenvalue weighted by molar-refractivity contribution is -0.671. The van der Waals surface area contributed by atoms with Crippen molar-refractivity contribution in [3.05, 3.63) is 30.9 Å². The molecule has 0 aliphatic rings. The summed E-state index contributed by atoms with van der Waals surface area (Å²) in [6.45, 7) is 6.91. The van der Waals surface area contributed by atoms with Gasteiger partial charge in [0.15, 0.2) is 0 Å². The second-order valence-corrected chi connectivity index (χ2v) is 6.91. The Labute approximate surface area is 165 Å². The van der Waals surface area contributed by atoms with Crippen LogP contribution in [-0.2, 0) is 23.1 Å². The molecule has 0 unspecified atom stereocenters. The predicted octanol–water partition coefficient (Wildman–Crippen LogP) is 5.24. The minimum atomic E-state index is -6.00. The molecule has 1 aromatic rings. The third kappa shape index (κ3) is 19.0. The van der Waals surface area contributed by atoms with Crippen LogP contribution in [-0.4, -0.2) is 24.4 Å². The molecule has 0 aliphatic heterocycles. The second kappa shape index (κ2) is 15.2. The first-order chi connectivity index (χ1) is 13.1. The van der Waals surface area contributed by atoms with Crippen molar-refractivity contribution in [2.45, 2.75) is 71.3 Å². The zero-order chi connectivity index (χ0) is 21.4. The first kappa shape index (κ1) is 26.2. The zero-order valence-corrected chi connectivity index (χ0v) is 17.0. The molecule has 1 heterocycles. The Morgan fingerprint density at radius 1 is 1.00 bits per heavy atom. The van der Waals surface area contributed by atoms with Gasteiger partial charge in [0.1, 0.15) is 12.4 Å². The van der Waals surface area contributed by atoms with Crippen LogP contribution < -0.4 is 4.57 Å². The number of unbranched alkanes of at least 4 members (excludes halogenated alkanes) is 8. The topological polar surface area (TPSA) is 35.1 Å². The Morgan fingerprint density at radius 2 is 1.46 bits per heavy atom. The smallest absolute Gasteiger partial charge is 0.462 e. The fraction of sp³-hybridized carbons (Fsp3) is 0.684. The molecular weight excluding hydrogens is 375 g/mol. The van der Waals surface area contributed by atoms with Crippen molar-refractivity contribution in [1.82, 2.24) is 4.57 Å². The van der Waals surface area contributed by atoms with E-state index >= 15 is 0 Å². The number of ether oxygens (including phenoxy) is 1. The summed E-state index contributed by atoms with van der Waals surface area (Å²) < 4.78 is 48.4. The first-order valence-corrected chi connectivity index (χ1v) is 9.80. The van der Waals surface area contributed by atoms with E-state index in [4.69, 9.17) is 4.74 Å². The van der Waals surface area contributed by atoms with Gasteiger partial charge in [-0.3, -0.25) is 0 Å². The van der Waals surface area contributed by atoms with Crippen molar-refractivity contribution in [3.8, 4) is 0 Å². The van der Waals surface area contributed by atoms with E-state index in [1.165, 1.54) is 44.9 Å². The number of rotatable bonds is 13. The van der Waals surface area contributed by atoms with Crippen LogP contribution in [0.2, 0.25) is 0 Å². The molecule has 0 radical (unpaired) electrons. The van der Waals surface area contributed by atoms with E-state index in [-0.39, 0.29) is 5.97 Å². The van der Waals surface area contributed by atoms with Crippen LogP contribution in [0.1, 0.15) is 64.7 Å². The highest BCUT2D eigenvalue weighted by atomic mass is 19.5. The highest BCUT2D eigenvalue weighted by Gasteiger charge is 2.20. The second-order valence-electron chi connectivity index (χ2n) is 6.91. The molecule has 0 saturated carbocycles. The molecule has 162 valence electrons. The summed E-state index contributed by atoms with van der Waals surface area (Å²) in [5.74, 6) is -0.265. The molecule has 0 N–H and O–H groups in total. The molecule has 1 aromatic heterocycles. The predicted molar refractivity (Wildman–Crippen MR) is 103 cm³/mol. The lowest BCUT2D eigenvalue weighted by Crippen LogP contribution is -2.23. The van der Waals surface area contributed by atoms with Crippen LogP contribution in [0.25, 0.3) is 0 Å². The van der Waals surface area contributed by atoms with E-state index in [0.29, 0.717) is 12.2 Å². The molecule has 28 heavy (non-hydrogen) atoms. The third-order valence-corrected chi connectivity index (χ3v) is 3.97. The molecule has 9 heteroatoms. The summed E-state index contributed by atoms with van der Waals surface area (Å²) in [4.78, 5) is 11.2. The molecule has 0 spiro atoms. The Hall–Kier alpha value is -1.80. The van der Waals surface area contributed by atoms with E-state index < -0.39 is 7.25 Å². The number of halogens is 4. The molecule has 0 fully saturated rings. The largest absolute Gasteiger partial charge is 0.673 e. The van der Waals surface area contributed by atoms with Gasteiger partial charge in [0.05, 0.1) is 20.2 Å². The molecular formula is C19H33BF4N2O2. The van der Waals surface area contributed by atoms with Gasteiger partial charge in [0.25, 0.3) is 0 Å².